The van der Waals surface area contributed by atoms with Crippen molar-refractivity contribution in [2.24, 2.45) is 5.14 Å². The lowest BCUT2D eigenvalue weighted by Crippen LogP contribution is -2.11. The van der Waals surface area contributed by atoms with E-state index in [1.165, 1.54) is 6.20 Å². The first kappa shape index (κ1) is 15.5. The summed E-state index contributed by atoms with van der Waals surface area (Å²) in [5.41, 5.74) is 0.487. The zero-order valence-electron chi connectivity index (χ0n) is 11.2. The van der Waals surface area contributed by atoms with E-state index in [0.717, 1.165) is 28.2 Å². The topological polar surface area (TPSA) is 94.3 Å². The van der Waals surface area contributed by atoms with Gasteiger partial charge in [0.1, 0.15) is 4.88 Å². The molecule has 1 amide bonds. The van der Waals surface area contributed by atoms with Gasteiger partial charge in [-0.15, -0.1) is 0 Å². The van der Waals surface area contributed by atoms with Gasteiger partial charge >= 0.3 is 5.97 Å². The Morgan fingerprint density at radius 2 is 2.10 bits per heavy atom. The molecule has 1 aromatic heterocycles. The van der Waals surface area contributed by atoms with Crippen molar-refractivity contribution in [3.8, 4) is 0 Å². The van der Waals surface area contributed by atoms with E-state index in [1.807, 2.05) is 0 Å². The van der Waals surface area contributed by atoms with Crippen LogP contribution < -0.4 is 10.5 Å². The average Bonchev–Trinajstić information content (AvgIpc) is 2.96. The van der Waals surface area contributed by atoms with Crippen molar-refractivity contribution in [3.63, 3.8) is 0 Å². The Hall–Kier alpha value is -1.90. The third kappa shape index (κ3) is 4.03. The summed E-state index contributed by atoms with van der Waals surface area (Å²) in [4.78, 5) is 28.7. The molecule has 0 aliphatic rings. The van der Waals surface area contributed by atoms with Crippen LogP contribution in [0.5, 0.6) is 0 Å². The van der Waals surface area contributed by atoms with E-state index in [2.05, 4.69) is 10.3 Å². The normalized spacial score (nSPS) is 10.2. The molecule has 0 unspecified atom stereocenters. The SMILES string of the molecule is CCOC(=O)c1cnc(NC(=O)c2ccc(SN)cc2)s1. The number of nitrogens with two attached hydrogens (primary N) is 1. The van der Waals surface area contributed by atoms with Gasteiger partial charge < -0.3 is 4.74 Å². The summed E-state index contributed by atoms with van der Waals surface area (Å²) in [6, 6.07) is 6.85. The number of esters is 1. The number of hydrogen-bond donors (Lipinski definition) is 2. The van der Waals surface area contributed by atoms with E-state index < -0.39 is 5.97 Å². The van der Waals surface area contributed by atoms with Crippen LogP contribution in [0.25, 0.3) is 0 Å². The number of anilines is 1. The molecule has 1 heterocycles. The maximum Gasteiger partial charge on any atom is 0.350 e. The monoisotopic (exact) mass is 323 g/mol. The molecule has 6 nitrogen and oxygen atoms in total. The highest BCUT2D eigenvalue weighted by molar-refractivity contribution is 7.97. The molecule has 0 spiro atoms. The molecule has 2 rings (SSSR count). The zero-order valence-corrected chi connectivity index (χ0v) is 12.8. The van der Waals surface area contributed by atoms with Gasteiger partial charge in [0.05, 0.1) is 12.8 Å². The largest absolute Gasteiger partial charge is 0.462 e. The van der Waals surface area contributed by atoms with Crippen molar-refractivity contribution in [3.05, 3.63) is 40.9 Å². The fourth-order valence-electron chi connectivity index (χ4n) is 1.48. The van der Waals surface area contributed by atoms with Crippen molar-refractivity contribution in [2.45, 2.75) is 11.8 Å². The summed E-state index contributed by atoms with van der Waals surface area (Å²) in [7, 11) is 0. The van der Waals surface area contributed by atoms with Gasteiger partial charge in [0, 0.05) is 10.5 Å². The van der Waals surface area contributed by atoms with Gasteiger partial charge in [0.25, 0.3) is 5.91 Å². The van der Waals surface area contributed by atoms with Gasteiger partial charge in [-0.25, -0.2) is 9.78 Å². The molecule has 0 bridgehead atoms. The standard InChI is InChI=1S/C13H13N3O3S2/c1-2-19-12(18)10-7-15-13(20-10)16-11(17)8-3-5-9(21-14)6-4-8/h3-7H,2,14H2,1H3,(H,15,16,17). The molecule has 0 radical (unpaired) electrons. The Morgan fingerprint density at radius 3 is 2.71 bits per heavy atom. The van der Waals surface area contributed by atoms with Gasteiger partial charge in [-0.2, -0.15) is 0 Å². The fourth-order valence-corrected chi connectivity index (χ4v) is 2.48. The van der Waals surface area contributed by atoms with Crippen LogP contribution in [0.3, 0.4) is 0 Å². The minimum absolute atomic E-state index is 0.296. The number of nitrogens with zero attached hydrogens (tertiary/aromatic N) is 1. The zero-order chi connectivity index (χ0) is 15.2. The van der Waals surface area contributed by atoms with Gasteiger partial charge in [0.2, 0.25) is 0 Å². The van der Waals surface area contributed by atoms with Gasteiger partial charge in [-0.1, -0.05) is 11.3 Å². The summed E-state index contributed by atoms with van der Waals surface area (Å²) < 4.78 is 4.86. The molecule has 0 saturated carbocycles. The maximum absolute atomic E-state index is 12.0. The Balaban J connectivity index is 2.03. The number of carbonyl (C=O) groups is 2. The average molecular weight is 323 g/mol. The van der Waals surface area contributed by atoms with Gasteiger partial charge in [-0.3, -0.25) is 15.3 Å². The van der Waals surface area contributed by atoms with Crippen LogP contribution in [0.4, 0.5) is 5.13 Å². The number of benzene rings is 1. The summed E-state index contributed by atoms with van der Waals surface area (Å²) in [5, 5.41) is 8.40. The van der Waals surface area contributed by atoms with Crippen molar-refractivity contribution in [1.82, 2.24) is 4.98 Å². The lowest BCUT2D eigenvalue weighted by atomic mass is 10.2. The number of hydrogen-bond acceptors (Lipinski definition) is 7. The number of aromatic nitrogens is 1. The van der Waals surface area contributed by atoms with E-state index in [1.54, 1.807) is 31.2 Å². The third-order valence-electron chi connectivity index (χ3n) is 2.46. The molecule has 2 aromatic rings. The minimum Gasteiger partial charge on any atom is -0.462 e. The Bertz CT molecular complexity index is 640. The molecular formula is C13H13N3O3S2. The molecule has 0 saturated heterocycles. The Morgan fingerprint density at radius 1 is 1.38 bits per heavy atom. The fraction of sp³-hybridized carbons (Fsp3) is 0.154. The molecular weight excluding hydrogens is 310 g/mol. The number of carbonyl (C=O) groups excluding carboxylic acids is 2. The third-order valence-corrected chi connectivity index (χ3v) is 3.89. The summed E-state index contributed by atoms with van der Waals surface area (Å²) >= 11 is 2.18. The first-order valence-corrected chi connectivity index (χ1v) is 7.74. The van der Waals surface area contributed by atoms with E-state index in [4.69, 9.17) is 9.88 Å². The molecule has 0 atom stereocenters. The molecule has 3 N–H and O–H groups in total. The molecule has 110 valence electrons. The number of nitrogens with one attached hydrogen (secondary N) is 1. The first-order chi connectivity index (χ1) is 10.1. The molecule has 0 aliphatic carbocycles. The summed E-state index contributed by atoms with van der Waals surface area (Å²) in [5.74, 6) is -0.742. The molecule has 8 heteroatoms. The Labute approximate surface area is 129 Å². The van der Waals surface area contributed by atoms with Gasteiger partial charge in [-0.05, 0) is 43.1 Å². The molecule has 1 aromatic carbocycles. The molecule has 21 heavy (non-hydrogen) atoms. The lowest BCUT2D eigenvalue weighted by Gasteiger charge is -2.02. The van der Waals surface area contributed by atoms with Crippen LogP contribution in [0.15, 0.2) is 35.4 Å². The van der Waals surface area contributed by atoms with E-state index in [0.29, 0.717) is 22.2 Å². The van der Waals surface area contributed by atoms with Crippen LogP contribution >= 0.6 is 23.3 Å². The van der Waals surface area contributed by atoms with Crippen molar-refractivity contribution >= 4 is 40.3 Å². The van der Waals surface area contributed by atoms with E-state index in [9.17, 15) is 9.59 Å². The van der Waals surface area contributed by atoms with E-state index >= 15 is 0 Å². The number of ether oxygens (including phenoxy) is 1. The highest BCUT2D eigenvalue weighted by Gasteiger charge is 2.13. The summed E-state index contributed by atoms with van der Waals surface area (Å²) in [6.07, 6.45) is 1.38. The van der Waals surface area contributed by atoms with E-state index in [-0.39, 0.29) is 5.91 Å². The quantitative estimate of drug-likeness (QED) is 0.648. The predicted octanol–water partition coefficient (Wildman–Crippen LogP) is 2.54. The first-order valence-electron chi connectivity index (χ1n) is 6.05. The maximum atomic E-state index is 12.0. The van der Waals surface area contributed by atoms with Crippen LogP contribution in [-0.4, -0.2) is 23.5 Å². The van der Waals surface area contributed by atoms with Crippen LogP contribution in [0.1, 0.15) is 27.0 Å². The molecule has 0 fully saturated rings. The van der Waals surface area contributed by atoms with Crippen LogP contribution in [-0.2, 0) is 4.74 Å². The highest BCUT2D eigenvalue weighted by Crippen LogP contribution is 2.20. The predicted molar refractivity (Wildman–Crippen MR) is 82.5 cm³/mol. The minimum atomic E-state index is -0.445. The molecule has 0 aliphatic heterocycles. The Kier molecular flexibility index (Phi) is 5.32. The van der Waals surface area contributed by atoms with Crippen molar-refractivity contribution in [1.29, 1.82) is 0 Å². The lowest BCUT2D eigenvalue weighted by molar-refractivity contribution is 0.0531. The number of thiazole rings is 1. The van der Waals surface area contributed by atoms with Crippen LogP contribution in [0.2, 0.25) is 0 Å². The second-order valence-electron chi connectivity index (χ2n) is 3.85. The second kappa shape index (κ2) is 7.21. The second-order valence-corrected chi connectivity index (χ2v) is 5.58. The van der Waals surface area contributed by atoms with Crippen molar-refractivity contribution < 1.29 is 14.3 Å². The summed E-state index contributed by atoms with van der Waals surface area (Å²) in [6.45, 7) is 2.02. The number of rotatable bonds is 5. The highest BCUT2D eigenvalue weighted by atomic mass is 32.2. The number of amides is 1. The van der Waals surface area contributed by atoms with Gasteiger partial charge in [0.15, 0.2) is 5.13 Å². The van der Waals surface area contributed by atoms with Crippen LogP contribution in [0, 0.1) is 0 Å². The smallest absolute Gasteiger partial charge is 0.350 e. The van der Waals surface area contributed by atoms with Crippen molar-refractivity contribution in [2.75, 3.05) is 11.9 Å².